The molecule has 1 unspecified atom stereocenters. The summed E-state index contributed by atoms with van der Waals surface area (Å²) in [4.78, 5) is 14.0. The van der Waals surface area contributed by atoms with Gasteiger partial charge in [0.2, 0.25) is 0 Å². The molecule has 2 N–H and O–H groups in total. The molecule has 18 heavy (non-hydrogen) atoms. The molecule has 2 rings (SSSR count). The van der Waals surface area contributed by atoms with Gasteiger partial charge in [-0.1, -0.05) is 6.92 Å². The van der Waals surface area contributed by atoms with E-state index >= 15 is 0 Å². The maximum Gasteiger partial charge on any atom is 0.410 e. The molecule has 3 atom stereocenters. The second kappa shape index (κ2) is 4.41. The topological polar surface area (TPSA) is 55.6 Å². The molecular formula is C14H26N2O2. The number of fused-ring (bicyclic) bond motifs is 1. The van der Waals surface area contributed by atoms with Gasteiger partial charge in [-0.05, 0) is 52.0 Å². The molecule has 1 aliphatic heterocycles. The van der Waals surface area contributed by atoms with Crippen LogP contribution < -0.4 is 5.73 Å². The standard InChI is InChI=1S/C14H26N2O2/c1-10-5-11-7-16(9-14(11,6-10)8-15)12(17)18-13(2,3)4/h10-11H,5-9,15H2,1-4H3/t10?,11-,14-/m0/s1. The molecule has 1 aliphatic carbocycles. The fourth-order valence-electron chi connectivity index (χ4n) is 3.63. The molecule has 1 saturated heterocycles. The first-order valence-corrected chi connectivity index (χ1v) is 6.94. The summed E-state index contributed by atoms with van der Waals surface area (Å²) in [6, 6.07) is 0. The lowest BCUT2D eigenvalue weighted by atomic mass is 9.81. The van der Waals surface area contributed by atoms with E-state index in [1.165, 1.54) is 6.42 Å². The molecule has 1 heterocycles. The van der Waals surface area contributed by atoms with Gasteiger partial charge < -0.3 is 15.4 Å². The Morgan fingerprint density at radius 1 is 1.50 bits per heavy atom. The third-order valence-electron chi connectivity index (χ3n) is 4.31. The Labute approximate surface area is 110 Å². The summed E-state index contributed by atoms with van der Waals surface area (Å²) in [5.74, 6) is 1.30. The normalized spacial score (nSPS) is 35.7. The van der Waals surface area contributed by atoms with Gasteiger partial charge in [0.25, 0.3) is 0 Å². The highest BCUT2D eigenvalue weighted by molar-refractivity contribution is 5.68. The number of likely N-dealkylation sites (tertiary alicyclic amines) is 1. The number of hydrogen-bond acceptors (Lipinski definition) is 3. The van der Waals surface area contributed by atoms with Gasteiger partial charge in [-0.2, -0.15) is 0 Å². The highest BCUT2D eigenvalue weighted by atomic mass is 16.6. The van der Waals surface area contributed by atoms with Crippen LogP contribution in [0.5, 0.6) is 0 Å². The van der Waals surface area contributed by atoms with E-state index in [1.807, 2.05) is 25.7 Å². The Kier molecular flexibility index (Phi) is 3.34. The van der Waals surface area contributed by atoms with Crippen LogP contribution in [0.15, 0.2) is 0 Å². The average Bonchev–Trinajstić information content (AvgIpc) is 2.68. The first-order valence-electron chi connectivity index (χ1n) is 6.94. The number of ether oxygens (including phenoxy) is 1. The van der Waals surface area contributed by atoms with Crippen molar-refractivity contribution in [2.75, 3.05) is 19.6 Å². The predicted octanol–water partition coefficient (Wildman–Crippen LogP) is 2.23. The van der Waals surface area contributed by atoms with Crippen LogP contribution in [0.4, 0.5) is 4.79 Å². The van der Waals surface area contributed by atoms with E-state index in [2.05, 4.69) is 6.92 Å². The minimum Gasteiger partial charge on any atom is -0.444 e. The van der Waals surface area contributed by atoms with Gasteiger partial charge >= 0.3 is 6.09 Å². The Morgan fingerprint density at radius 2 is 2.17 bits per heavy atom. The van der Waals surface area contributed by atoms with Gasteiger partial charge in [0, 0.05) is 18.5 Å². The van der Waals surface area contributed by atoms with E-state index in [0.717, 1.165) is 25.4 Å². The van der Waals surface area contributed by atoms with Crippen molar-refractivity contribution in [3.63, 3.8) is 0 Å². The number of carbonyl (C=O) groups excluding carboxylic acids is 1. The molecule has 1 saturated carbocycles. The van der Waals surface area contributed by atoms with Crippen molar-refractivity contribution < 1.29 is 9.53 Å². The SMILES string of the molecule is CC1C[C@H]2CN(C(=O)OC(C)(C)C)C[C@@]2(CN)C1. The number of hydrogen-bond donors (Lipinski definition) is 1. The van der Waals surface area contributed by atoms with Crippen LogP contribution in [0.1, 0.15) is 40.5 Å². The summed E-state index contributed by atoms with van der Waals surface area (Å²) in [5, 5.41) is 0. The minimum absolute atomic E-state index is 0.149. The van der Waals surface area contributed by atoms with Crippen LogP contribution in [-0.4, -0.2) is 36.2 Å². The maximum atomic E-state index is 12.1. The molecule has 0 spiro atoms. The van der Waals surface area contributed by atoms with Crippen LogP contribution in [0.25, 0.3) is 0 Å². The Morgan fingerprint density at radius 3 is 2.67 bits per heavy atom. The van der Waals surface area contributed by atoms with Crippen molar-refractivity contribution in [1.29, 1.82) is 0 Å². The molecule has 104 valence electrons. The van der Waals surface area contributed by atoms with E-state index in [-0.39, 0.29) is 11.5 Å². The van der Waals surface area contributed by atoms with Crippen LogP contribution in [-0.2, 0) is 4.74 Å². The van der Waals surface area contributed by atoms with Crippen molar-refractivity contribution >= 4 is 6.09 Å². The lowest BCUT2D eigenvalue weighted by molar-refractivity contribution is 0.0266. The third kappa shape index (κ3) is 2.48. The quantitative estimate of drug-likeness (QED) is 0.780. The molecule has 4 nitrogen and oxygen atoms in total. The highest BCUT2D eigenvalue weighted by Gasteiger charge is 2.52. The molecule has 4 heteroatoms. The summed E-state index contributed by atoms with van der Waals surface area (Å²) in [7, 11) is 0. The summed E-state index contributed by atoms with van der Waals surface area (Å²) in [6.07, 6.45) is 2.15. The Hall–Kier alpha value is -0.770. The summed E-state index contributed by atoms with van der Waals surface area (Å²) >= 11 is 0. The van der Waals surface area contributed by atoms with Gasteiger partial charge in [-0.15, -0.1) is 0 Å². The molecule has 0 aromatic rings. The van der Waals surface area contributed by atoms with Crippen molar-refractivity contribution in [3.05, 3.63) is 0 Å². The molecule has 0 radical (unpaired) electrons. The van der Waals surface area contributed by atoms with Gasteiger partial charge in [0.15, 0.2) is 0 Å². The number of rotatable bonds is 1. The summed E-state index contributed by atoms with van der Waals surface area (Å²) in [6.45, 7) is 10.3. The molecule has 2 fully saturated rings. The number of carbonyl (C=O) groups is 1. The van der Waals surface area contributed by atoms with Gasteiger partial charge in [-0.25, -0.2) is 4.79 Å². The summed E-state index contributed by atoms with van der Waals surface area (Å²) in [5.41, 5.74) is 5.71. The fourth-order valence-corrected chi connectivity index (χ4v) is 3.63. The van der Waals surface area contributed by atoms with Crippen LogP contribution in [0.2, 0.25) is 0 Å². The minimum atomic E-state index is -0.419. The van der Waals surface area contributed by atoms with Crippen LogP contribution in [0, 0.1) is 17.3 Å². The van der Waals surface area contributed by atoms with E-state index in [1.54, 1.807) is 0 Å². The Bertz CT molecular complexity index is 337. The number of nitrogens with zero attached hydrogens (tertiary/aromatic N) is 1. The van der Waals surface area contributed by atoms with Crippen molar-refractivity contribution in [2.24, 2.45) is 23.0 Å². The second-order valence-electron chi connectivity index (χ2n) is 7.17. The van der Waals surface area contributed by atoms with Gasteiger partial charge in [0.05, 0.1) is 0 Å². The predicted molar refractivity (Wildman–Crippen MR) is 71.2 cm³/mol. The van der Waals surface area contributed by atoms with Gasteiger partial charge in [-0.3, -0.25) is 0 Å². The Balaban J connectivity index is 2.02. The molecule has 0 aromatic carbocycles. The average molecular weight is 254 g/mol. The molecule has 2 aliphatic rings. The monoisotopic (exact) mass is 254 g/mol. The smallest absolute Gasteiger partial charge is 0.410 e. The van der Waals surface area contributed by atoms with Gasteiger partial charge in [0.1, 0.15) is 5.60 Å². The zero-order chi connectivity index (χ0) is 13.6. The lowest BCUT2D eigenvalue weighted by Gasteiger charge is -2.28. The van der Waals surface area contributed by atoms with Crippen molar-refractivity contribution in [3.8, 4) is 0 Å². The third-order valence-corrected chi connectivity index (χ3v) is 4.31. The zero-order valence-electron chi connectivity index (χ0n) is 12.0. The molecule has 0 bridgehead atoms. The number of nitrogens with two attached hydrogens (primary N) is 1. The van der Waals surface area contributed by atoms with Crippen molar-refractivity contribution in [1.82, 2.24) is 4.90 Å². The second-order valence-corrected chi connectivity index (χ2v) is 7.17. The van der Waals surface area contributed by atoms with E-state index in [9.17, 15) is 4.79 Å². The largest absolute Gasteiger partial charge is 0.444 e. The van der Waals surface area contributed by atoms with E-state index < -0.39 is 5.60 Å². The first-order chi connectivity index (χ1) is 8.26. The van der Waals surface area contributed by atoms with Crippen LogP contribution in [0.3, 0.4) is 0 Å². The van der Waals surface area contributed by atoms with Crippen LogP contribution >= 0.6 is 0 Å². The summed E-state index contributed by atoms with van der Waals surface area (Å²) < 4.78 is 5.45. The maximum absolute atomic E-state index is 12.1. The lowest BCUT2D eigenvalue weighted by Crippen LogP contribution is -2.39. The fraction of sp³-hybridized carbons (Fsp3) is 0.929. The van der Waals surface area contributed by atoms with E-state index in [4.69, 9.17) is 10.5 Å². The molecule has 1 amide bonds. The first kappa shape index (κ1) is 13.7. The van der Waals surface area contributed by atoms with Crippen molar-refractivity contribution in [2.45, 2.75) is 46.1 Å². The molecule has 0 aromatic heterocycles. The zero-order valence-corrected chi connectivity index (χ0v) is 12.0. The number of amides is 1. The highest BCUT2D eigenvalue weighted by Crippen LogP contribution is 2.50. The van der Waals surface area contributed by atoms with E-state index in [0.29, 0.717) is 12.5 Å². The molecular weight excluding hydrogens is 228 g/mol.